The maximum Gasteiger partial charge on any atom is 0.187 e. The largest absolute Gasteiger partial charge is 0.361 e. The predicted octanol–water partition coefficient (Wildman–Crippen LogP) is 5.02. The van der Waals surface area contributed by atoms with Crippen LogP contribution in [0.3, 0.4) is 0 Å². The van der Waals surface area contributed by atoms with Gasteiger partial charge in [-0.25, -0.2) is 0 Å². The normalized spacial score (nSPS) is 10.8. The van der Waals surface area contributed by atoms with Crippen molar-refractivity contribution in [1.29, 1.82) is 0 Å². The van der Waals surface area contributed by atoms with Gasteiger partial charge in [0.2, 0.25) is 0 Å². The van der Waals surface area contributed by atoms with Gasteiger partial charge < -0.3 is 5.32 Å². The maximum atomic E-state index is 12.0. The van der Waals surface area contributed by atoms with Gasteiger partial charge >= 0.3 is 0 Å². The molecule has 0 aliphatic rings. The van der Waals surface area contributed by atoms with Crippen LogP contribution < -0.4 is 5.32 Å². The van der Waals surface area contributed by atoms with Gasteiger partial charge in [0.1, 0.15) is 0 Å². The molecule has 0 atom stereocenters. The van der Waals surface area contributed by atoms with Crippen LogP contribution >= 0.6 is 11.6 Å². The van der Waals surface area contributed by atoms with Crippen molar-refractivity contribution in [2.75, 3.05) is 5.32 Å². The molecule has 0 spiro atoms. The minimum Gasteiger partial charge on any atom is -0.361 e. The van der Waals surface area contributed by atoms with Crippen LogP contribution in [0.4, 0.5) is 5.69 Å². The Morgan fingerprint density at radius 2 is 1.90 bits per heavy atom. The lowest BCUT2D eigenvalue weighted by Gasteiger charge is -2.10. The minimum atomic E-state index is -0.0502. The van der Waals surface area contributed by atoms with Gasteiger partial charge in [0.05, 0.1) is 0 Å². The molecule has 0 aromatic heterocycles. The Morgan fingerprint density at radius 3 is 2.57 bits per heavy atom. The number of carbonyl (C=O) groups is 1. The lowest BCUT2D eigenvalue weighted by Crippen LogP contribution is -1.99. The van der Waals surface area contributed by atoms with Crippen molar-refractivity contribution < 1.29 is 4.79 Å². The molecule has 2 aromatic carbocycles. The van der Waals surface area contributed by atoms with E-state index in [-0.39, 0.29) is 5.78 Å². The molecule has 0 amide bonds. The van der Waals surface area contributed by atoms with E-state index in [0.29, 0.717) is 10.6 Å². The fourth-order valence-electron chi connectivity index (χ4n) is 2.14. The Bertz CT molecular complexity index is 659. The highest BCUT2D eigenvalue weighted by molar-refractivity contribution is 6.30. The van der Waals surface area contributed by atoms with Gasteiger partial charge in [-0.1, -0.05) is 36.7 Å². The molecule has 2 rings (SSSR count). The average Bonchev–Trinajstić information content (AvgIpc) is 2.49. The molecule has 1 N–H and O–H groups in total. The summed E-state index contributed by atoms with van der Waals surface area (Å²) in [4.78, 5) is 12.0. The Kier molecular flexibility index (Phi) is 5.18. The quantitative estimate of drug-likeness (QED) is 0.620. The van der Waals surface area contributed by atoms with E-state index in [1.807, 2.05) is 6.07 Å². The minimum absolute atomic E-state index is 0.0502. The van der Waals surface area contributed by atoms with E-state index in [9.17, 15) is 4.79 Å². The van der Waals surface area contributed by atoms with Gasteiger partial charge in [-0.3, -0.25) is 4.79 Å². The number of halogens is 1. The molecule has 2 nitrogen and oxygen atoms in total. The summed E-state index contributed by atoms with van der Waals surface area (Å²) in [5.74, 6) is -0.0502. The van der Waals surface area contributed by atoms with Crippen LogP contribution in [0.1, 0.15) is 28.4 Å². The molecular formula is C18H18ClNO. The van der Waals surface area contributed by atoms with Gasteiger partial charge in [0, 0.05) is 28.5 Å². The smallest absolute Gasteiger partial charge is 0.187 e. The van der Waals surface area contributed by atoms with Crippen LogP contribution in [0.15, 0.2) is 54.7 Å². The van der Waals surface area contributed by atoms with Crippen molar-refractivity contribution in [2.45, 2.75) is 20.3 Å². The third kappa shape index (κ3) is 3.96. The van der Waals surface area contributed by atoms with Crippen LogP contribution in [0.25, 0.3) is 0 Å². The Hall–Kier alpha value is -2.06. The van der Waals surface area contributed by atoms with Gasteiger partial charge in [-0.05, 0) is 48.7 Å². The fourth-order valence-corrected chi connectivity index (χ4v) is 2.27. The summed E-state index contributed by atoms with van der Waals surface area (Å²) in [6.45, 7) is 4.17. The number of para-hydroxylation sites is 1. The molecule has 0 heterocycles. The highest BCUT2D eigenvalue weighted by Gasteiger charge is 2.03. The molecule has 0 fully saturated rings. The zero-order valence-corrected chi connectivity index (χ0v) is 12.9. The third-order valence-electron chi connectivity index (χ3n) is 3.33. The van der Waals surface area contributed by atoms with Gasteiger partial charge in [0.25, 0.3) is 0 Å². The summed E-state index contributed by atoms with van der Waals surface area (Å²) in [5.41, 5.74) is 4.09. The number of carbonyl (C=O) groups excluding carboxylic acids is 1. The number of hydrogen-bond acceptors (Lipinski definition) is 2. The van der Waals surface area contributed by atoms with E-state index in [1.165, 1.54) is 11.6 Å². The van der Waals surface area contributed by atoms with Gasteiger partial charge in [-0.2, -0.15) is 0 Å². The third-order valence-corrected chi connectivity index (χ3v) is 3.58. The molecule has 0 radical (unpaired) electrons. The first-order chi connectivity index (χ1) is 10.1. The molecule has 0 aliphatic carbocycles. The summed E-state index contributed by atoms with van der Waals surface area (Å²) in [5, 5.41) is 3.84. The Balaban J connectivity index is 2.09. The van der Waals surface area contributed by atoms with Crippen molar-refractivity contribution >= 4 is 23.1 Å². The van der Waals surface area contributed by atoms with Crippen LogP contribution in [-0.2, 0) is 6.42 Å². The van der Waals surface area contributed by atoms with E-state index in [0.717, 1.165) is 17.7 Å². The number of nitrogens with one attached hydrogen (secondary N) is 1. The Labute approximate surface area is 130 Å². The van der Waals surface area contributed by atoms with Crippen molar-refractivity contribution in [1.82, 2.24) is 0 Å². The first-order valence-electron chi connectivity index (χ1n) is 6.93. The summed E-state index contributed by atoms with van der Waals surface area (Å²) in [6, 6.07) is 13.1. The number of allylic oxidation sites excluding steroid dienone is 1. The molecule has 2 aromatic rings. The maximum absolute atomic E-state index is 12.0. The lowest BCUT2D eigenvalue weighted by atomic mass is 10.1. The predicted molar refractivity (Wildman–Crippen MR) is 89.1 cm³/mol. The number of hydrogen-bond donors (Lipinski definition) is 1. The molecule has 3 heteroatoms. The average molecular weight is 300 g/mol. The molecule has 0 saturated carbocycles. The number of benzene rings is 2. The van der Waals surface area contributed by atoms with Crippen LogP contribution in [0.5, 0.6) is 0 Å². The van der Waals surface area contributed by atoms with Crippen molar-refractivity contribution in [3.05, 3.63) is 76.5 Å². The number of aryl methyl sites for hydroxylation is 2. The second kappa shape index (κ2) is 7.09. The van der Waals surface area contributed by atoms with Gasteiger partial charge in [-0.15, -0.1) is 0 Å². The fraction of sp³-hybridized carbons (Fsp3) is 0.167. The molecular weight excluding hydrogens is 282 g/mol. The summed E-state index contributed by atoms with van der Waals surface area (Å²) in [7, 11) is 0. The van der Waals surface area contributed by atoms with E-state index >= 15 is 0 Å². The van der Waals surface area contributed by atoms with E-state index in [4.69, 9.17) is 11.6 Å². The lowest BCUT2D eigenvalue weighted by molar-refractivity contribution is 0.104. The highest BCUT2D eigenvalue weighted by Crippen LogP contribution is 2.21. The van der Waals surface area contributed by atoms with Crippen LogP contribution in [-0.4, -0.2) is 5.78 Å². The van der Waals surface area contributed by atoms with Crippen molar-refractivity contribution in [3.63, 3.8) is 0 Å². The van der Waals surface area contributed by atoms with Crippen LogP contribution in [0.2, 0.25) is 5.02 Å². The molecule has 0 unspecified atom stereocenters. The molecule has 0 saturated heterocycles. The van der Waals surface area contributed by atoms with E-state index in [2.05, 4.69) is 31.3 Å². The van der Waals surface area contributed by atoms with E-state index in [1.54, 1.807) is 30.5 Å². The summed E-state index contributed by atoms with van der Waals surface area (Å²) >= 11 is 5.81. The number of ketones is 1. The first kappa shape index (κ1) is 15.3. The molecule has 0 aliphatic heterocycles. The number of rotatable bonds is 5. The highest BCUT2D eigenvalue weighted by atomic mass is 35.5. The van der Waals surface area contributed by atoms with Crippen LogP contribution in [0, 0.1) is 6.92 Å². The monoisotopic (exact) mass is 299 g/mol. The second-order valence-corrected chi connectivity index (χ2v) is 5.25. The molecule has 108 valence electrons. The van der Waals surface area contributed by atoms with E-state index < -0.39 is 0 Å². The molecule has 0 bridgehead atoms. The SMILES string of the molecule is CCc1cccc(C)c1NC=CC(=O)c1ccc(Cl)cc1. The summed E-state index contributed by atoms with van der Waals surface area (Å²) in [6.07, 6.45) is 4.18. The number of anilines is 1. The summed E-state index contributed by atoms with van der Waals surface area (Å²) < 4.78 is 0. The topological polar surface area (TPSA) is 29.1 Å². The first-order valence-corrected chi connectivity index (χ1v) is 7.31. The van der Waals surface area contributed by atoms with Gasteiger partial charge in [0.15, 0.2) is 5.78 Å². The standard InChI is InChI=1S/C18H18ClNO/c1-3-14-6-4-5-13(2)18(14)20-12-11-17(21)15-7-9-16(19)10-8-15/h4-12,20H,3H2,1-2H3. The second-order valence-electron chi connectivity index (χ2n) is 4.81. The molecule has 21 heavy (non-hydrogen) atoms. The van der Waals surface area contributed by atoms with Crippen molar-refractivity contribution in [2.24, 2.45) is 0 Å². The zero-order chi connectivity index (χ0) is 15.2. The zero-order valence-electron chi connectivity index (χ0n) is 12.2. The Morgan fingerprint density at radius 1 is 1.19 bits per heavy atom. The van der Waals surface area contributed by atoms with Crippen molar-refractivity contribution in [3.8, 4) is 0 Å².